The monoisotopic (exact) mass is 444 g/mol. The molecule has 0 amide bonds. The van der Waals surface area contributed by atoms with E-state index < -0.39 is 17.1 Å². The van der Waals surface area contributed by atoms with E-state index in [4.69, 9.17) is 4.74 Å². The van der Waals surface area contributed by atoms with Crippen molar-refractivity contribution in [3.8, 4) is 0 Å². The summed E-state index contributed by atoms with van der Waals surface area (Å²) in [6.07, 6.45) is 6.64. The molecule has 1 aliphatic heterocycles. The van der Waals surface area contributed by atoms with Gasteiger partial charge in [-0.05, 0) is 67.2 Å². The zero-order valence-electron chi connectivity index (χ0n) is 21.0. The highest BCUT2D eigenvalue weighted by Gasteiger charge is 2.58. The van der Waals surface area contributed by atoms with Gasteiger partial charge >= 0.3 is 0 Å². The number of rotatable bonds is 9. The smallest absolute Gasteiger partial charge is 0.176 e. The van der Waals surface area contributed by atoms with Crippen LogP contribution in [0.4, 0.5) is 0 Å². The van der Waals surface area contributed by atoms with Crippen LogP contribution in [0.25, 0.3) is 0 Å². The minimum atomic E-state index is -1.20. The first-order valence-electron chi connectivity index (χ1n) is 11.7. The Balaban J connectivity index is 2.58. The molecule has 1 fully saturated rings. The van der Waals surface area contributed by atoms with Gasteiger partial charge in [0, 0.05) is 17.9 Å². The summed E-state index contributed by atoms with van der Waals surface area (Å²) in [7, 11) is 0. The second-order valence-corrected chi connectivity index (χ2v) is 10.3. The lowest BCUT2D eigenvalue weighted by Crippen LogP contribution is -2.39. The lowest BCUT2D eigenvalue weighted by Gasteiger charge is -2.32. The van der Waals surface area contributed by atoms with Crippen LogP contribution in [0, 0.1) is 11.3 Å². The summed E-state index contributed by atoms with van der Waals surface area (Å²) in [6, 6.07) is 0. The highest BCUT2D eigenvalue weighted by Crippen LogP contribution is 2.54. The van der Waals surface area contributed by atoms with Crippen LogP contribution in [-0.2, 0) is 14.3 Å². The predicted octanol–water partition coefficient (Wildman–Crippen LogP) is 5.90. The van der Waals surface area contributed by atoms with Crippen LogP contribution in [-0.4, -0.2) is 33.5 Å². The molecule has 3 unspecified atom stereocenters. The van der Waals surface area contributed by atoms with Crippen molar-refractivity contribution < 1.29 is 24.5 Å². The van der Waals surface area contributed by atoms with Crippen LogP contribution in [0.5, 0.6) is 0 Å². The Morgan fingerprint density at radius 1 is 1.28 bits per heavy atom. The Morgan fingerprint density at radius 3 is 2.44 bits per heavy atom. The first-order valence-corrected chi connectivity index (χ1v) is 11.7. The summed E-state index contributed by atoms with van der Waals surface area (Å²) < 4.78 is 6.15. The number of ketones is 2. The van der Waals surface area contributed by atoms with Crippen LogP contribution in [0.2, 0.25) is 0 Å². The van der Waals surface area contributed by atoms with Crippen molar-refractivity contribution in [1.29, 1.82) is 0 Å². The number of hydrogen-bond donors (Lipinski definition) is 2. The number of fused-ring (bicyclic) bond motifs is 1. The minimum absolute atomic E-state index is 0.110. The van der Waals surface area contributed by atoms with E-state index in [0.717, 1.165) is 18.4 Å². The third-order valence-corrected chi connectivity index (χ3v) is 6.81. The number of aliphatic hydroxyl groups is 2. The molecule has 178 valence electrons. The molecule has 5 heteroatoms. The Hall–Kier alpha value is -2.14. The van der Waals surface area contributed by atoms with Gasteiger partial charge < -0.3 is 14.9 Å². The molecule has 3 atom stereocenters. The third-order valence-electron chi connectivity index (χ3n) is 6.81. The fourth-order valence-electron chi connectivity index (χ4n) is 4.32. The van der Waals surface area contributed by atoms with Gasteiger partial charge in [0.05, 0.1) is 16.6 Å². The molecular weight excluding hydrogens is 404 g/mol. The summed E-state index contributed by atoms with van der Waals surface area (Å²) in [5.41, 5.74) is 0.438. The predicted molar refractivity (Wildman–Crippen MR) is 127 cm³/mol. The first-order chi connectivity index (χ1) is 14.8. The summed E-state index contributed by atoms with van der Waals surface area (Å²) in [6.45, 7) is 14.8. The average Bonchev–Trinajstić information content (AvgIpc) is 3.11. The maximum absolute atomic E-state index is 13.6. The highest BCUT2D eigenvalue weighted by molar-refractivity contribution is 6.11. The van der Waals surface area contributed by atoms with Crippen molar-refractivity contribution in [3.05, 3.63) is 46.0 Å². The van der Waals surface area contributed by atoms with E-state index in [0.29, 0.717) is 12.8 Å². The highest BCUT2D eigenvalue weighted by atomic mass is 16.5. The maximum Gasteiger partial charge on any atom is 0.176 e. The Kier molecular flexibility index (Phi) is 7.98. The molecule has 32 heavy (non-hydrogen) atoms. The maximum atomic E-state index is 13.6. The van der Waals surface area contributed by atoms with Gasteiger partial charge in [-0.3, -0.25) is 9.59 Å². The van der Waals surface area contributed by atoms with E-state index in [1.165, 1.54) is 5.57 Å². The fraction of sp³-hybridized carbons (Fsp3) is 0.630. The van der Waals surface area contributed by atoms with Crippen molar-refractivity contribution in [2.45, 2.75) is 99.2 Å². The molecule has 2 rings (SSSR count). The van der Waals surface area contributed by atoms with Crippen LogP contribution in [0.3, 0.4) is 0 Å². The summed E-state index contributed by atoms with van der Waals surface area (Å²) in [4.78, 5) is 26.8. The number of hydrogen-bond acceptors (Lipinski definition) is 5. The summed E-state index contributed by atoms with van der Waals surface area (Å²) in [5.74, 6) is -0.824. The van der Waals surface area contributed by atoms with Crippen molar-refractivity contribution in [2.75, 3.05) is 0 Å². The lowest BCUT2D eigenvalue weighted by atomic mass is 9.67. The standard InChI is InChI=1S/C27H40O5/c1-9-18(5)22(28)21-23(29)19(6)24(30)27(14-13-17(4)12-10-11-16(2)3)15-20(26(7,8)31)32-25(21)27/h11,13,18,20,29,31H,9-10,12,14-15H2,1-8H3. The van der Waals surface area contributed by atoms with Gasteiger partial charge in [-0.1, -0.05) is 37.1 Å². The van der Waals surface area contributed by atoms with Crippen molar-refractivity contribution in [3.63, 3.8) is 0 Å². The van der Waals surface area contributed by atoms with Gasteiger partial charge in [-0.15, -0.1) is 0 Å². The molecule has 0 aromatic heterocycles. The van der Waals surface area contributed by atoms with Crippen molar-refractivity contribution in [2.24, 2.45) is 11.3 Å². The van der Waals surface area contributed by atoms with Crippen molar-refractivity contribution in [1.82, 2.24) is 0 Å². The fourth-order valence-corrected chi connectivity index (χ4v) is 4.32. The average molecular weight is 445 g/mol. The molecule has 0 saturated carbocycles. The van der Waals surface area contributed by atoms with E-state index >= 15 is 0 Å². The molecule has 0 spiro atoms. The van der Waals surface area contributed by atoms with Gasteiger partial charge in [0.15, 0.2) is 11.6 Å². The molecule has 5 nitrogen and oxygen atoms in total. The molecule has 1 heterocycles. The lowest BCUT2D eigenvalue weighted by molar-refractivity contribution is -0.124. The van der Waals surface area contributed by atoms with Gasteiger partial charge in [0.1, 0.15) is 17.6 Å². The molecule has 0 radical (unpaired) electrons. The molecule has 1 saturated heterocycles. The number of carbonyl (C=O) groups is 2. The Bertz CT molecular complexity index is 889. The van der Waals surface area contributed by atoms with E-state index in [2.05, 4.69) is 19.9 Å². The number of ether oxygens (including phenoxy) is 1. The summed E-state index contributed by atoms with van der Waals surface area (Å²) >= 11 is 0. The molecule has 1 aliphatic carbocycles. The second kappa shape index (κ2) is 9.78. The van der Waals surface area contributed by atoms with Gasteiger partial charge in [-0.2, -0.15) is 0 Å². The van der Waals surface area contributed by atoms with Crippen LogP contribution in [0.1, 0.15) is 87.5 Å². The number of Topliss-reactive ketones (excluding diaryl/α,β-unsaturated/α-hetero) is 2. The molecule has 0 aromatic rings. The number of carbonyl (C=O) groups excluding carboxylic acids is 2. The summed E-state index contributed by atoms with van der Waals surface area (Å²) in [5, 5.41) is 21.5. The third kappa shape index (κ3) is 5.09. The minimum Gasteiger partial charge on any atom is -0.507 e. The van der Waals surface area contributed by atoms with Crippen LogP contribution < -0.4 is 0 Å². The zero-order valence-corrected chi connectivity index (χ0v) is 21.0. The number of allylic oxidation sites excluding steroid dienone is 7. The van der Waals surface area contributed by atoms with Crippen molar-refractivity contribution >= 4 is 11.6 Å². The molecule has 0 aromatic carbocycles. The topological polar surface area (TPSA) is 83.8 Å². The molecule has 2 N–H and O–H groups in total. The van der Waals surface area contributed by atoms with Crippen LogP contribution >= 0.6 is 0 Å². The first kappa shape index (κ1) is 26.1. The molecular formula is C27H40O5. The zero-order chi connectivity index (χ0) is 24.4. The van der Waals surface area contributed by atoms with E-state index in [9.17, 15) is 19.8 Å². The van der Waals surface area contributed by atoms with E-state index in [1.54, 1.807) is 20.8 Å². The quantitative estimate of drug-likeness (QED) is 0.433. The Morgan fingerprint density at radius 2 is 1.91 bits per heavy atom. The normalized spacial score (nSPS) is 25.0. The van der Waals surface area contributed by atoms with Gasteiger partial charge in [0.2, 0.25) is 0 Å². The largest absolute Gasteiger partial charge is 0.507 e. The van der Waals surface area contributed by atoms with E-state index in [1.807, 2.05) is 26.8 Å². The SMILES string of the molecule is CCC(C)C(=O)C1=C2OC(C(C)(C)O)CC2(CC=C(C)CCC=C(C)C)C(=O)C(C)=C1O. The van der Waals surface area contributed by atoms with E-state index in [-0.39, 0.29) is 46.6 Å². The van der Waals surface area contributed by atoms with Crippen LogP contribution in [0.15, 0.2) is 46.0 Å². The molecule has 2 aliphatic rings. The number of aliphatic hydroxyl groups excluding tert-OH is 1. The second-order valence-electron chi connectivity index (χ2n) is 10.3. The molecule has 0 bridgehead atoms. The Labute approximate surface area is 192 Å². The van der Waals surface area contributed by atoms with Gasteiger partial charge in [-0.25, -0.2) is 0 Å². The van der Waals surface area contributed by atoms with Gasteiger partial charge in [0.25, 0.3) is 0 Å².